The lowest BCUT2D eigenvalue weighted by Crippen LogP contribution is -2.52. The number of imidazole rings is 1. The molecular formula is C22H21BrF2N4O. The first-order chi connectivity index (χ1) is 14.3. The molecule has 8 heteroatoms. The first-order valence-corrected chi connectivity index (χ1v) is 10.7. The van der Waals surface area contributed by atoms with Gasteiger partial charge in [-0.1, -0.05) is 15.9 Å². The third-order valence-electron chi connectivity index (χ3n) is 5.38. The topological polar surface area (TPSA) is 50.2 Å². The van der Waals surface area contributed by atoms with Gasteiger partial charge in [-0.25, -0.2) is 13.8 Å². The summed E-state index contributed by atoms with van der Waals surface area (Å²) in [6.07, 6.45) is 0. The summed E-state index contributed by atoms with van der Waals surface area (Å²) >= 11 is 3.26. The largest absolute Gasteiger partial charge is 0.340 e. The highest BCUT2D eigenvalue weighted by Gasteiger charge is 2.41. The fourth-order valence-corrected chi connectivity index (χ4v) is 4.15. The van der Waals surface area contributed by atoms with Crippen molar-refractivity contribution < 1.29 is 13.6 Å². The number of alkyl halides is 1. The van der Waals surface area contributed by atoms with E-state index in [1.165, 1.54) is 24.3 Å². The summed E-state index contributed by atoms with van der Waals surface area (Å²) in [4.78, 5) is 19.1. The van der Waals surface area contributed by atoms with Crippen LogP contribution in [-0.4, -0.2) is 32.2 Å². The molecule has 0 saturated heterocycles. The summed E-state index contributed by atoms with van der Waals surface area (Å²) in [5, 5.41) is 3.58. The van der Waals surface area contributed by atoms with Crippen LogP contribution >= 0.6 is 15.9 Å². The molecule has 1 aliphatic heterocycles. The highest BCUT2D eigenvalue weighted by atomic mass is 79.9. The Kier molecular flexibility index (Phi) is 5.36. The van der Waals surface area contributed by atoms with E-state index in [9.17, 15) is 13.6 Å². The lowest BCUT2D eigenvalue weighted by Gasteiger charge is -2.42. The number of benzene rings is 2. The van der Waals surface area contributed by atoms with Crippen molar-refractivity contribution in [2.24, 2.45) is 0 Å². The van der Waals surface area contributed by atoms with E-state index in [4.69, 9.17) is 4.98 Å². The highest BCUT2D eigenvalue weighted by molar-refractivity contribution is 9.09. The zero-order chi connectivity index (χ0) is 21.5. The van der Waals surface area contributed by atoms with Crippen molar-refractivity contribution in [2.45, 2.75) is 25.9 Å². The molecule has 1 N–H and O–H groups in total. The van der Waals surface area contributed by atoms with Crippen molar-refractivity contribution in [3.05, 3.63) is 66.0 Å². The zero-order valence-corrected chi connectivity index (χ0v) is 18.2. The van der Waals surface area contributed by atoms with E-state index < -0.39 is 5.54 Å². The molecule has 0 spiro atoms. The summed E-state index contributed by atoms with van der Waals surface area (Å²) in [5.74, 6) is 0.796. The molecule has 0 saturated carbocycles. The van der Waals surface area contributed by atoms with Gasteiger partial charge >= 0.3 is 0 Å². The van der Waals surface area contributed by atoms with Crippen LogP contribution in [0.3, 0.4) is 0 Å². The van der Waals surface area contributed by atoms with E-state index in [-0.39, 0.29) is 22.9 Å². The van der Waals surface area contributed by atoms with Gasteiger partial charge in [0.15, 0.2) is 0 Å². The van der Waals surface area contributed by atoms with Crippen LogP contribution < -0.4 is 5.32 Å². The van der Waals surface area contributed by atoms with E-state index in [2.05, 4.69) is 21.2 Å². The molecule has 4 rings (SSSR count). The molecule has 0 atom stereocenters. The van der Waals surface area contributed by atoms with Gasteiger partial charge in [-0.15, -0.1) is 0 Å². The minimum Gasteiger partial charge on any atom is -0.340 e. The molecule has 0 bridgehead atoms. The Bertz CT molecular complexity index is 1080. The molecule has 2 aromatic carbocycles. The Morgan fingerprint density at radius 3 is 2.27 bits per heavy atom. The Labute approximate surface area is 181 Å². The van der Waals surface area contributed by atoms with Gasteiger partial charge in [0.25, 0.3) is 0 Å². The van der Waals surface area contributed by atoms with E-state index in [0.717, 1.165) is 17.2 Å². The normalized spacial score (nSPS) is 15.0. The molecule has 3 aromatic rings. The number of halogens is 3. The second-order valence-electron chi connectivity index (χ2n) is 7.66. The number of carbonyl (C=O) groups excluding carboxylic acids is 1. The van der Waals surface area contributed by atoms with Gasteiger partial charge in [-0.3, -0.25) is 4.79 Å². The third-order valence-corrected chi connectivity index (χ3v) is 5.86. The van der Waals surface area contributed by atoms with Gasteiger partial charge in [0.05, 0.1) is 10.9 Å². The Balaban J connectivity index is 1.85. The van der Waals surface area contributed by atoms with Crippen molar-refractivity contribution in [2.75, 3.05) is 17.2 Å². The molecule has 0 unspecified atom stereocenters. The van der Waals surface area contributed by atoms with Gasteiger partial charge in [0.2, 0.25) is 5.91 Å². The Morgan fingerprint density at radius 1 is 1.07 bits per heavy atom. The lowest BCUT2D eigenvalue weighted by molar-refractivity contribution is -0.135. The number of hydrogen-bond donors (Lipinski definition) is 1. The maximum Gasteiger partial charge on any atom is 0.234 e. The summed E-state index contributed by atoms with van der Waals surface area (Å²) in [6, 6.07) is 12.2. The number of aromatic nitrogens is 2. The van der Waals surface area contributed by atoms with E-state index >= 15 is 0 Å². The van der Waals surface area contributed by atoms with Gasteiger partial charge < -0.3 is 14.8 Å². The van der Waals surface area contributed by atoms with Crippen LogP contribution in [0.15, 0.2) is 48.5 Å². The van der Waals surface area contributed by atoms with Gasteiger partial charge in [-0.2, -0.15) is 0 Å². The van der Waals surface area contributed by atoms with E-state index in [1.807, 2.05) is 18.4 Å². The van der Waals surface area contributed by atoms with Crippen LogP contribution in [0.1, 0.15) is 19.7 Å². The minimum atomic E-state index is -0.638. The molecule has 2 heterocycles. The number of rotatable bonds is 4. The van der Waals surface area contributed by atoms with Crippen molar-refractivity contribution >= 4 is 33.3 Å². The van der Waals surface area contributed by atoms with Crippen molar-refractivity contribution in [3.8, 4) is 11.3 Å². The first-order valence-electron chi connectivity index (χ1n) is 9.57. The quantitative estimate of drug-likeness (QED) is 0.538. The molecule has 1 amide bonds. The number of carbonyl (C=O) groups is 1. The van der Waals surface area contributed by atoms with Crippen LogP contribution in [-0.2, 0) is 16.9 Å². The van der Waals surface area contributed by atoms with Crippen LogP contribution in [0.2, 0.25) is 0 Å². The maximum atomic E-state index is 13.5. The SMILES string of the molecule is CC1(C)c2nc(-c3ccc(F)cc3)c(Nc3ccc(F)cc3)n2CCN1C(=O)CBr. The lowest BCUT2D eigenvalue weighted by atomic mass is 9.99. The molecule has 30 heavy (non-hydrogen) atoms. The first kappa shape index (κ1) is 20.5. The zero-order valence-electron chi connectivity index (χ0n) is 16.6. The maximum absolute atomic E-state index is 13.5. The molecule has 1 aliphatic rings. The molecule has 0 fully saturated rings. The van der Waals surface area contributed by atoms with E-state index in [1.54, 1.807) is 29.2 Å². The van der Waals surface area contributed by atoms with Crippen molar-refractivity contribution in [1.29, 1.82) is 0 Å². The predicted octanol–water partition coefficient (Wildman–Crippen LogP) is 5.04. The van der Waals surface area contributed by atoms with Crippen LogP contribution in [0.5, 0.6) is 0 Å². The number of anilines is 2. The second-order valence-corrected chi connectivity index (χ2v) is 8.22. The number of fused-ring (bicyclic) bond motifs is 1. The summed E-state index contributed by atoms with van der Waals surface area (Å²) in [6.45, 7) is 5.00. The minimum absolute atomic E-state index is 0.00868. The molecule has 156 valence electrons. The smallest absolute Gasteiger partial charge is 0.234 e. The number of hydrogen-bond acceptors (Lipinski definition) is 3. The van der Waals surface area contributed by atoms with Crippen LogP contribution in [0.25, 0.3) is 11.3 Å². The van der Waals surface area contributed by atoms with Crippen molar-refractivity contribution in [3.63, 3.8) is 0 Å². The fourth-order valence-electron chi connectivity index (χ4n) is 3.85. The predicted molar refractivity (Wildman–Crippen MR) is 116 cm³/mol. The third kappa shape index (κ3) is 3.60. The van der Waals surface area contributed by atoms with Crippen LogP contribution in [0, 0.1) is 11.6 Å². The Morgan fingerprint density at radius 2 is 1.67 bits per heavy atom. The fraction of sp³-hybridized carbons (Fsp3) is 0.273. The number of nitrogens with zero attached hydrogens (tertiary/aromatic N) is 3. The summed E-state index contributed by atoms with van der Waals surface area (Å²) < 4.78 is 28.9. The average Bonchev–Trinajstić information content (AvgIpc) is 3.09. The monoisotopic (exact) mass is 474 g/mol. The van der Waals surface area contributed by atoms with Crippen molar-refractivity contribution in [1.82, 2.24) is 14.5 Å². The number of nitrogens with one attached hydrogen (secondary N) is 1. The standard InChI is InChI=1S/C22H21BrF2N4O/c1-22(2)21-27-19(14-3-5-15(24)6-4-14)20(26-17-9-7-16(25)8-10-17)28(21)11-12-29(22)18(30)13-23/h3-10,26H,11-13H2,1-2H3. The molecular weight excluding hydrogens is 454 g/mol. The van der Waals surface area contributed by atoms with E-state index in [0.29, 0.717) is 24.5 Å². The van der Waals surface area contributed by atoms with Gasteiger partial charge in [0, 0.05) is 24.3 Å². The summed E-state index contributed by atoms with van der Waals surface area (Å²) in [7, 11) is 0. The molecule has 5 nitrogen and oxygen atoms in total. The van der Waals surface area contributed by atoms with Crippen LogP contribution in [0.4, 0.5) is 20.3 Å². The van der Waals surface area contributed by atoms with Gasteiger partial charge in [0.1, 0.15) is 29.0 Å². The molecule has 1 aromatic heterocycles. The molecule has 0 aliphatic carbocycles. The van der Waals surface area contributed by atoms with Gasteiger partial charge in [-0.05, 0) is 62.4 Å². The molecule has 0 radical (unpaired) electrons. The summed E-state index contributed by atoms with van der Waals surface area (Å²) in [5.41, 5.74) is 1.47. The number of amides is 1. The Hall–Kier alpha value is -2.74. The second kappa shape index (κ2) is 7.83. The highest BCUT2D eigenvalue weighted by Crippen LogP contribution is 2.39. The average molecular weight is 475 g/mol.